The Hall–Kier alpha value is -6.46. The molecule has 4 aromatic carbocycles. The Balaban J connectivity index is 0.961. The van der Waals surface area contributed by atoms with E-state index in [9.17, 15) is 9.59 Å². The van der Waals surface area contributed by atoms with Crippen LogP contribution >= 0.6 is 0 Å². The maximum absolute atomic E-state index is 15.1. The van der Waals surface area contributed by atoms with E-state index in [1.54, 1.807) is 12.1 Å². The van der Waals surface area contributed by atoms with Crippen molar-refractivity contribution in [2.24, 2.45) is 0 Å². The Morgan fingerprint density at radius 3 is 1.58 bits per heavy atom. The van der Waals surface area contributed by atoms with Gasteiger partial charge in [0.1, 0.15) is 11.6 Å². The molecule has 2 aromatic heterocycles. The lowest BCUT2D eigenvalue weighted by atomic mass is 9.85. The molecule has 4 aliphatic rings. The van der Waals surface area contributed by atoms with Crippen molar-refractivity contribution in [3.8, 4) is 0 Å². The van der Waals surface area contributed by atoms with Gasteiger partial charge in [-0.2, -0.15) is 26.3 Å². The highest BCUT2D eigenvalue weighted by Crippen LogP contribution is 2.50. The largest absolute Gasteiger partial charge is 0.430 e. The topological polar surface area (TPSA) is 120 Å². The van der Waals surface area contributed by atoms with Crippen molar-refractivity contribution in [1.29, 1.82) is 0 Å². The fraction of sp³-hybridized carbons (Fsp3) is 0.429. The number of benzene rings is 4. The van der Waals surface area contributed by atoms with Gasteiger partial charge in [0.05, 0.1) is 46.2 Å². The van der Waals surface area contributed by atoms with Gasteiger partial charge in [0.25, 0.3) is 23.0 Å². The number of carbonyl (C=O) groups is 2. The van der Waals surface area contributed by atoms with Gasteiger partial charge in [0.15, 0.2) is 0 Å². The van der Waals surface area contributed by atoms with Crippen LogP contribution in [0, 0.1) is 0 Å². The third-order valence-corrected chi connectivity index (χ3v) is 15.6. The van der Waals surface area contributed by atoms with Gasteiger partial charge < -0.3 is 34.1 Å². The van der Waals surface area contributed by atoms with E-state index in [4.69, 9.17) is 19.4 Å². The highest BCUT2D eigenvalue weighted by molar-refractivity contribution is 5.91. The van der Waals surface area contributed by atoms with E-state index < -0.39 is 47.5 Å². The number of alkyl halides is 6. The average Bonchev–Trinajstić information content (AvgIpc) is 4.23. The summed E-state index contributed by atoms with van der Waals surface area (Å²) in [5, 5.41) is 0. The van der Waals surface area contributed by atoms with E-state index in [2.05, 4.69) is 59.9 Å². The van der Waals surface area contributed by atoms with Gasteiger partial charge in [-0.15, -0.1) is 0 Å². The van der Waals surface area contributed by atoms with Crippen LogP contribution in [0.3, 0.4) is 0 Å². The molecule has 11 nitrogen and oxygen atoms in total. The Kier molecular flexibility index (Phi) is 12.9. The molecule has 73 heavy (non-hydrogen) atoms. The highest BCUT2D eigenvalue weighted by atomic mass is 19.4. The second-order valence-electron chi connectivity index (χ2n) is 20.7. The number of carbonyl (C=O) groups excluding carboxylic acids is 2. The second kappa shape index (κ2) is 18.8. The number of ether oxygens (including phenoxy) is 2. The molecule has 384 valence electrons. The minimum Gasteiger partial charge on any atom is -0.357 e. The molecular weight excluding hydrogens is 949 g/mol. The van der Waals surface area contributed by atoms with Crippen LogP contribution in [0.15, 0.2) is 115 Å². The number of likely N-dealkylation sites (tertiary alicyclic amines) is 2. The number of hydrogen-bond donors (Lipinski definition) is 2. The zero-order chi connectivity index (χ0) is 51.7. The first-order chi connectivity index (χ1) is 34.8. The maximum atomic E-state index is 15.1. The molecule has 1 aliphatic carbocycles. The number of imidazole rings is 2. The number of hydrogen-bond acceptors (Lipinski definition) is 7. The lowest BCUT2D eigenvalue weighted by molar-refractivity contribution is -0.270. The molecule has 6 atom stereocenters. The number of H-pyrrole nitrogens is 2. The minimum absolute atomic E-state index is 0.0471. The highest BCUT2D eigenvalue weighted by Gasteiger charge is 2.66. The van der Waals surface area contributed by atoms with Crippen LogP contribution in [0.4, 0.5) is 32.0 Å². The molecule has 6 aromatic rings. The minimum atomic E-state index is -5.05. The molecule has 5 heterocycles. The van der Waals surface area contributed by atoms with Crippen LogP contribution in [0.5, 0.6) is 0 Å². The molecule has 3 fully saturated rings. The van der Waals surface area contributed by atoms with Crippen molar-refractivity contribution in [3.05, 3.63) is 149 Å². The SMILES string of the molecule is CO[C@](C(=O)N1CCC[C@H]1c1nc2ccc([C@H]3CC[C@H](c4ccc5nc([C@@H]6CCCN6C(=O)[C@@](OC)(c6ccccc6)C(F)(F)F)[nH]c5c4)N3c3ccc(C(C)(C)C)cc3)cc2[nH]1)(C1=CC=CCC1)C(F)(F)F. The van der Waals surface area contributed by atoms with E-state index in [-0.39, 0.29) is 48.1 Å². The van der Waals surface area contributed by atoms with Gasteiger partial charge in [-0.3, -0.25) is 9.59 Å². The average molecular weight is 1010 g/mol. The van der Waals surface area contributed by atoms with Gasteiger partial charge >= 0.3 is 12.4 Å². The first kappa shape index (κ1) is 50.1. The fourth-order valence-electron chi connectivity index (χ4n) is 11.8. The van der Waals surface area contributed by atoms with Crippen LogP contribution < -0.4 is 4.90 Å². The van der Waals surface area contributed by atoms with Gasteiger partial charge in [0, 0.05) is 38.6 Å². The summed E-state index contributed by atoms with van der Waals surface area (Å²) >= 11 is 0. The number of halogens is 6. The summed E-state index contributed by atoms with van der Waals surface area (Å²) in [5.41, 5.74) is -0.0479. The Morgan fingerprint density at radius 2 is 1.12 bits per heavy atom. The monoisotopic (exact) mass is 1010 g/mol. The number of anilines is 1. The van der Waals surface area contributed by atoms with E-state index in [1.165, 1.54) is 51.8 Å². The van der Waals surface area contributed by atoms with Gasteiger partial charge in [0.2, 0.25) is 0 Å². The predicted molar refractivity (Wildman–Crippen MR) is 265 cm³/mol. The molecular formula is C56H59F6N7O4. The molecule has 0 saturated carbocycles. The molecule has 10 rings (SSSR count). The summed E-state index contributed by atoms with van der Waals surface area (Å²) in [5.74, 6) is -1.53. The summed E-state index contributed by atoms with van der Waals surface area (Å²) in [6, 6.07) is 25.8. The standard InChI is InChI=1S/C56H59F6N7O4/c1-52(2,3)36-22-24-39(25-23-36)69-44(34-20-26-40-42(32-34)65-48(63-40)46-18-12-30-67(46)50(70)53(72-4,55(57,58)59)37-14-8-6-9-15-37)28-29-45(69)35-21-27-41-43(33-35)66-49(64-41)47-19-13-31-68(47)51(71)54(73-5,56(60,61)62)38-16-10-7-11-17-38/h6-10,14-16,20-27,32-33,44-47H,11-13,17-19,28-31H2,1-5H3,(H,63,65)(H,64,66)/t44-,45-,46+,47+,53+,54+/m1/s1. The molecule has 3 aliphatic heterocycles. The number of fused-ring (bicyclic) bond motifs is 2. The quantitative estimate of drug-likeness (QED) is 0.124. The first-order valence-corrected chi connectivity index (χ1v) is 25.0. The number of methoxy groups -OCH3 is 2. The predicted octanol–water partition coefficient (Wildman–Crippen LogP) is 12.5. The number of allylic oxidation sites excluding steroid dienone is 3. The summed E-state index contributed by atoms with van der Waals surface area (Å²) in [6.45, 7) is 6.71. The van der Waals surface area contributed by atoms with Gasteiger partial charge in [-0.1, -0.05) is 93.6 Å². The van der Waals surface area contributed by atoms with Crippen molar-refractivity contribution in [3.63, 3.8) is 0 Å². The molecule has 0 spiro atoms. The Morgan fingerprint density at radius 1 is 0.616 bits per heavy atom. The molecule has 0 bridgehead atoms. The van der Waals surface area contributed by atoms with Crippen molar-refractivity contribution < 1.29 is 45.4 Å². The van der Waals surface area contributed by atoms with Crippen molar-refractivity contribution in [2.75, 3.05) is 32.2 Å². The molecule has 17 heteroatoms. The van der Waals surface area contributed by atoms with Crippen LogP contribution in [0.1, 0.15) is 130 Å². The summed E-state index contributed by atoms with van der Waals surface area (Å²) in [7, 11) is 1.86. The molecule has 2 N–H and O–H groups in total. The van der Waals surface area contributed by atoms with Crippen molar-refractivity contribution in [1.82, 2.24) is 29.7 Å². The third-order valence-electron chi connectivity index (χ3n) is 15.6. The molecule has 0 unspecified atom stereocenters. The zero-order valence-corrected chi connectivity index (χ0v) is 41.4. The number of aromatic amines is 2. The Labute approximate surface area is 419 Å². The van der Waals surface area contributed by atoms with E-state index in [0.29, 0.717) is 65.8 Å². The van der Waals surface area contributed by atoms with Crippen LogP contribution in [0.2, 0.25) is 0 Å². The van der Waals surface area contributed by atoms with Gasteiger partial charge in [-0.05, 0) is 115 Å². The normalized spacial score (nSPS) is 22.6. The van der Waals surface area contributed by atoms with E-state index >= 15 is 26.3 Å². The number of rotatable bonds is 11. The zero-order valence-electron chi connectivity index (χ0n) is 41.4. The van der Waals surface area contributed by atoms with Crippen LogP contribution in [-0.2, 0) is 30.1 Å². The molecule has 3 saturated heterocycles. The van der Waals surface area contributed by atoms with E-state index in [1.807, 2.05) is 36.4 Å². The van der Waals surface area contributed by atoms with E-state index in [0.717, 1.165) is 43.9 Å². The summed E-state index contributed by atoms with van der Waals surface area (Å²) in [4.78, 5) is 49.9. The summed E-state index contributed by atoms with van der Waals surface area (Å²) in [6.07, 6.45) is -1.65. The van der Waals surface area contributed by atoms with Crippen molar-refractivity contribution in [2.45, 2.75) is 125 Å². The number of amides is 2. The molecule has 2 amide bonds. The second-order valence-corrected chi connectivity index (χ2v) is 20.7. The maximum Gasteiger partial charge on any atom is 0.430 e. The first-order valence-electron chi connectivity index (χ1n) is 25.0. The van der Waals surface area contributed by atoms with Gasteiger partial charge in [-0.25, -0.2) is 9.97 Å². The summed E-state index contributed by atoms with van der Waals surface area (Å²) < 4.78 is 101. The van der Waals surface area contributed by atoms with Crippen LogP contribution in [0.25, 0.3) is 22.1 Å². The third kappa shape index (κ3) is 8.49. The lowest BCUT2D eigenvalue weighted by Crippen LogP contribution is -2.60. The molecule has 0 radical (unpaired) electrons. The van der Waals surface area contributed by atoms with Crippen LogP contribution in [-0.4, -0.2) is 86.8 Å². The lowest BCUT2D eigenvalue weighted by Gasteiger charge is -2.39. The fourth-order valence-corrected chi connectivity index (χ4v) is 11.8. The number of nitrogens with one attached hydrogen (secondary N) is 2. The number of nitrogens with zero attached hydrogens (tertiary/aromatic N) is 5. The Bertz CT molecular complexity index is 3090. The number of aromatic nitrogens is 4. The van der Waals surface area contributed by atoms with Crippen molar-refractivity contribution >= 4 is 39.6 Å². The smallest absolute Gasteiger partial charge is 0.357 e.